The van der Waals surface area contributed by atoms with Gasteiger partial charge in [-0.1, -0.05) is 272 Å². The third-order valence-corrected chi connectivity index (χ3v) is 17.0. The zero-order valence-electron chi connectivity index (χ0n) is 44.5. The molecule has 0 heterocycles. The highest BCUT2D eigenvalue weighted by Gasteiger charge is 2.39. The van der Waals surface area contributed by atoms with Crippen LogP contribution in [0.4, 0.5) is 0 Å². The van der Waals surface area contributed by atoms with Gasteiger partial charge in [0, 0.05) is 31.2 Å². The van der Waals surface area contributed by atoms with Crippen molar-refractivity contribution in [2.75, 3.05) is 0 Å². The van der Waals surface area contributed by atoms with E-state index in [9.17, 15) is 0 Å². The van der Waals surface area contributed by atoms with Crippen LogP contribution < -0.4 is 0 Å². The number of fused-ring (bicyclic) bond motifs is 13. The highest BCUT2D eigenvalue weighted by atomic mass is 79.9. The zero-order valence-corrected chi connectivity index (χ0v) is 47.6. The summed E-state index contributed by atoms with van der Waals surface area (Å²) in [7, 11) is 0. The standard InChI is InChI=1S/C40H24.C22H13Br.C18H11Br/c1-2-13-28(14-3-1)35-37-31-16-8-6-11-26(31)20-22-33(37)40-36(30-19-18-25-10-4-5-15-29(25)24-30)38-32-17-9-7-12-27(32)21-23-34(38)39(35)40;23-22-14-12-18-6-3-4-8-20(18)21(22)13-10-16-9-11-17-5-1-2-7-19(17)15-16;19-18-13-11-15-8-4-5-9-16(15)17(18)12-10-14-6-2-1-3-7-14/h1-24H;1-9,11-12,14-15H;1-9,11,13H. The summed E-state index contributed by atoms with van der Waals surface area (Å²) in [5, 5.41) is 15.0. The van der Waals surface area contributed by atoms with Crippen LogP contribution in [-0.4, -0.2) is 0 Å². The molecule has 0 bridgehead atoms. The maximum Gasteiger partial charge on any atom is 0.0469 e. The minimum Gasteiger partial charge on any atom is -0.0622 e. The SMILES string of the molecule is Brc1ccc2ccccc2c1C#Cc1ccc2ccccc2c1.Brc1ccc2ccccc2c1C#Cc1ccccc1.c1ccc(C2=C3C(=C(c4ccc5ccccc5c4)c4c3ccc3ccccc43)c3ccc4ccccc4c32)cc1. The van der Waals surface area contributed by atoms with Gasteiger partial charge in [0.2, 0.25) is 0 Å². The Morgan fingerprint density at radius 3 is 1.11 bits per heavy atom. The van der Waals surface area contributed by atoms with Gasteiger partial charge in [-0.05, 0) is 195 Å². The average molecular weight is 1170 g/mol. The predicted octanol–water partition coefficient (Wildman–Crippen LogP) is 21.5. The molecule has 382 valence electrons. The molecule has 0 radical (unpaired) electrons. The van der Waals surface area contributed by atoms with Gasteiger partial charge in [-0.3, -0.25) is 0 Å². The van der Waals surface area contributed by atoms with Crippen LogP contribution in [0.25, 0.3) is 86.9 Å². The van der Waals surface area contributed by atoms with Crippen LogP contribution in [0, 0.1) is 23.7 Å². The molecular formula is C80H48Br2. The van der Waals surface area contributed by atoms with Crippen molar-refractivity contribution in [3.8, 4) is 23.7 Å². The minimum atomic E-state index is 1.03. The Morgan fingerprint density at radius 1 is 0.220 bits per heavy atom. The maximum absolute atomic E-state index is 3.63. The fraction of sp³-hybridized carbons (Fsp3) is 0. The molecule has 16 rings (SSSR count). The van der Waals surface area contributed by atoms with Crippen molar-refractivity contribution >= 4 is 119 Å². The molecule has 82 heavy (non-hydrogen) atoms. The van der Waals surface area contributed by atoms with Crippen molar-refractivity contribution in [2.24, 2.45) is 0 Å². The Balaban J connectivity index is 0.000000121. The van der Waals surface area contributed by atoms with Crippen molar-refractivity contribution in [1.82, 2.24) is 0 Å². The Kier molecular flexibility index (Phi) is 13.5. The molecule has 2 aliphatic carbocycles. The van der Waals surface area contributed by atoms with E-state index in [2.05, 4.69) is 304 Å². The Hall–Kier alpha value is -9.80. The van der Waals surface area contributed by atoms with E-state index in [1.54, 1.807) is 0 Å². The second-order valence-corrected chi connectivity index (χ2v) is 22.3. The van der Waals surface area contributed by atoms with Crippen molar-refractivity contribution in [3.05, 3.63) is 356 Å². The number of hydrogen-bond donors (Lipinski definition) is 0. The normalized spacial score (nSPS) is 12.0. The lowest BCUT2D eigenvalue weighted by atomic mass is 9.87. The molecule has 14 aromatic carbocycles. The highest BCUT2D eigenvalue weighted by molar-refractivity contribution is 9.10. The summed E-state index contributed by atoms with van der Waals surface area (Å²) in [5.41, 5.74) is 17.5. The lowest BCUT2D eigenvalue weighted by molar-refractivity contribution is 1.56. The molecule has 0 spiro atoms. The third kappa shape index (κ3) is 9.49. The van der Waals surface area contributed by atoms with Crippen LogP contribution in [0.1, 0.15) is 55.6 Å². The van der Waals surface area contributed by atoms with Crippen molar-refractivity contribution < 1.29 is 0 Å². The first-order chi connectivity index (χ1) is 40.5. The lowest BCUT2D eigenvalue weighted by Gasteiger charge is -2.16. The number of benzene rings is 14. The molecule has 0 unspecified atom stereocenters. The molecule has 0 aromatic heterocycles. The van der Waals surface area contributed by atoms with Gasteiger partial charge in [-0.25, -0.2) is 0 Å². The Morgan fingerprint density at radius 2 is 0.585 bits per heavy atom. The van der Waals surface area contributed by atoms with E-state index in [0.717, 1.165) is 31.2 Å². The number of hydrogen-bond acceptors (Lipinski definition) is 0. The number of allylic oxidation sites excluding steroid dienone is 2. The molecule has 2 heteroatoms. The van der Waals surface area contributed by atoms with E-state index in [4.69, 9.17) is 0 Å². The molecule has 0 nitrogen and oxygen atoms in total. The first kappa shape index (κ1) is 50.4. The van der Waals surface area contributed by atoms with Gasteiger partial charge < -0.3 is 0 Å². The van der Waals surface area contributed by atoms with Gasteiger partial charge in [-0.15, -0.1) is 0 Å². The minimum absolute atomic E-state index is 1.03. The fourth-order valence-electron chi connectivity index (χ4n) is 11.9. The van der Waals surface area contributed by atoms with E-state index >= 15 is 0 Å². The molecule has 0 aliphatic heterocycles. The smallest absolute Gasteiger partial charge is 0.0469 e. The molecule has 0 amide bonds. The monoisotopic (exact) mass is 1170 g/mol. The molecule has 2 aliphatic rings. The summed E-state index contributed by atoms with van der Waals surface area (Å²) in [6, 6.07) is 103. The molecule has 0 saturated heterocycles. The van der Waals surface area contributed by atoms with E-state index in [1.807, 2.05) is 42.5 Å². The summed E-state index contributed by atoms with van der Waals surface area (Å²) < 4.78 is 2.07. The van der Waals surface area contributed by atoms with E-state index in [1.165, 1.54) is 120 Å². The number of rotatable bonds is 2. The van der Waals surface area contributed by atoms with E-state index in [0.29, 0.717) is 0 Å². The lowest BCUT2D eigenvalue weighted by Crippen LogP contribution is -1.95. The van der Waals surface area contributed by atoms with Gasteiger partial charge >= 0.3 is 0 Å². The van der Waals surface area contributed by atoms with Crippen molar-refractivity contribution in [1.29, 1.82) is 0 Å². The molecular weight excluding hydrogens is 1120 g/mol. The molecule has 14 aromatic rings. The molecule has 0 fully saturated rings. The molecule has 0 atom stereocenters. The van der Waals surface area contributed by atoms with Crippen LogP contribution in [0.15, 0.2) is 300 Å². The van der Waals surface area contributed by atoms with Gasteiger partial charge in [0.05, 0.1) is 0 Å². The highest BCUT2D eigenvalue weighted by Crippen LogP contribution is 2.60. The first-order valence-corrected chi connectivity index (χ1v) is 29.1. The zero-order chi connectivity index (χ0) is 54.9. The topological polar surface area (TPSA) is 0 Å². The Labute approximate surface area is 494 Å². The molecule has 0 saturated carbocycles. The van der Waals surface area contributed by atoms with Crippen LogP contribution in [0.5, 0.6) is 0 Å². The van der Waals surface area contributed by atoms with Gasteiger partial charge in [0.15, 0.2) is 0 Å². The van der Waals surface area contributed by atoms with Crippen LogP contribution in [0.2, 0.25) is 0 Å². The summed E-state index contributed by atoms with van der Waals surface area (Å²) >= 11 is 7.22. The van der Waals surface area contributed by atoms with Gasteiger partial charge in [0.25, 0.3) is 0 Å². The maximum atomic E-state index is 3.63. The second kappa shape index (κ2) is 22.0. The first-order valence-electron chi connectivity index (χ1n) is 27.5. The van der Waals surface area contributed by atoms with E-state index < -0.39 is 0 Å². The predicted molar refractivity (Wildman–Crippen MR) is 356 cm³/mol. The van der Waals surface area contributed by atoms with Crippen molar-refractivity contribution in [2.45, 2.75) is 0 Å². The van der Waals surface area contributed by atoms with Crippen LogP contribution in [0.3, 0.4) is 0 Å². The molecule has 0 N–H and O–H groups in total. The van der Waals surface area contributed by atoms with Crippen LogP contribution in [-0.2, 0) is 0 Å². The summed E-state index contributed by atoms with van der Waals surface area (Å²) in [6.45, 7) is 0. The van der Waals surface area contributed by atoms with Crippen molar-refractivity contribution in [3.63, 3.8) is 0 Å². The second-order valence-electron chi connectivity index (χ2n) is 20.6. The van der Waals surface area contributed by atoms with E-state index in [-0.39, 0.29) is 0 Å². The summed E-state index contributed by atoms with van der Waals surface area (Å²) in [6.07, 6.45) is 0. The third-order valence-electron chi connectivity index (χ3n) is 15.7. The summed E-state index contributed by atoms with van der Waals surface area (Å²) in [5.74, 6) is 13.1. The summed E-state index contributed by atoms with van der Waals surface area (Å²) in [4.78, 5) is 0. The van der Waals surface area contributed by atoms with Gasteiger partial charge in [-0.2, -0.15) is 0 Å². The van der Waals surface area contributed by atoms with Crippen LogP contribution >= 0.6 is 31.9 Å². The average Bonchev–Trinajstić information content (AvgIpc) is 2.01. The quantitative estimate of drug-likeness (QED) is 0.151. The number of halogens is 2. The van der Waals surface area contributed by atoms with Gasteiger partial charge in [0.1, 0.15) is 0 Å². The fourth-order valence-corrected chi connectivity index (χ4v) is 12.8. The Bertz CT molecular complexity index is 5060. The largest absolute Gasteiger partial charge is 0.0622 e.